The molecule has 0 aromatic carbocycles. The van der Waals surface area contributed by atoms with Crippen molar-refractivity contribution in [1.82, 2.24) is 0 Å². The van der Waals surface area contributed by atoms with Crippen molar-refractivity contribution in [3.63, 3.8) is 0 Å². The molecule has 0 saturated heterocycles. The Hall–Kier alpha value is -3.44. The molecule has 44 heavy (non-hydrogen) atoms. The predicted octanol–water partition coefficient (Wildman–Crippen LogP) is 6.22. The van der Waals surface area contributed by atoms with Crippen molar-refractivity contribution in [2.45, 2.75) is 83.1 Å². The second-order valence-electron chi connectivity index (χ2n) is 8.38. The molecule has 258 valence electrons. The van der Waals surface area contributed by atoms with Crippen molar-refractivity contribution in [2.24, 2.45) is 0 Å². The maximum absolute atomic E-state index is 10.0. The first-order valence-corrected chi connectivity index (χ1v) is 12.0. The molecule has 0 saturated carbocycles. The molecule has 0 spiro atoms. The van der Waals surface area contributed by atoms with Crippen LogP contribution < -0.4 is 0 Å². The molecular weight excluding hydrogens is 937 g/mol. The molecule has 0 aliphatic carbocycles. The summed E-state index contributed by atoms with van der Waals surface area (Å²) in [6, 6.07) is 0. The van der Waals surface area contributed by atoms with Gasteiger partial charge >= 0.3 is 0 Å². The Labute approximate surface area is 287 Å². The Bertz CT molecular complexity index is 821. The van der Waals surface area contributed by atoms with Gasteiger partial charge in [-0.15, -0.1) is 0 Å². The number of hydrogen-bond acceptors (Lipinski definition) is 12. The van der Waals surface area contributed by atoms with Crippen LogP contribution in [-0.4, -0.2) is 65.3 Å². The molecule has 6 N–H and O–H groups in total. The van der Waals surface area contributed by atoms with Crippen molar-refractivity contribution in [3.05, 3.63) is 71.0 Å². The minimum Gasteiger partial charge on any atom is -0.512 e. The minimum atomic E-state index is -0.125. The number of carbonyl (C=O) groups is 6. The van der Waals surface area contributed by atoms with Gasteiger partial charge in [0.1, 0.15) is 0 Å². The third-order valence-electron chi connectivity index (χ3n) is 2.47. The number of carbonyl (C=O) groups excluding carboxylic acids is 6. The van der Waals surface area contributed by atoms with Crippen molar-refractivity contribution in [1.29, 1.82) is 0 Å². The number of allylic oxidation sites excluding steroid dienone is 12. The summed E-state index contributed by atoms with van der Waals surface area (Å²) in [5, 5.41) is 50.2. The van der Waals surface area contributed by atoms with Gasteiger partial charge in [0.05, 0.1) is 34.6 Å². The van der Waals surface area contributed by atoms with E-state index in [0.717, 1.165) is 0 Å². The van der Waals surface area contributed by atoms with Crippen molar-refractivity contribution >= 4 is 34.7 Å². The number of ketones is 6. The molecule has 0 aromatic heterocycles. The van der Waals surface area contributed by atoms with E-state index in [1.165, 1.54) is 120 Å². The zero-order chi connectivity index (χ0) is 35.2. The number of aliphatic hydroxyl groups is 6. The van der Waals surface area contributed by atoms with Gasteiger partial charge in [-0.2, -0.15) is 0 Å². The second-order valence-corrected chi connectivity index (χ2v) is 8.38. The summed E-state index contributed by atoms with van der Waals surface area (Å²) in [5.74, 6) is -0.375. The van der Waals surface area contributed by atoms with Crippen LogP contribution in [0, 0.1) is 0 Å². The number of hydrogen-bond donors (Lipinski definition) is 6. The Morgan fingerprint density at radius 1 is 0.273 bits per heavy atom. The van der Waals surface area contributed by atoms with Crippen LogP contribution in [0.2, 0.25) is 0 Å². The molecule has 0 aromatic rings. The Morgan fingerprint density at radius 3 is 0.341 bits per heavy atom. The van der Waals surface area contributed by atoms with Gasteiger partial charge in [-0.25, -0.2) is 0 Å². The first-order chi connectivity index (χ1) is 18.8. The summed E-state index contributed by atoms with van der Waals surface area (Å²) in [5.41, 5.74) is 0. The predicted molar refractivity (Wildman–Crippen MR) is 162 cm³/mol. The number of aliphatic hydroxyl groups excluding tert-OH is 6. The third kappa shape index (κ3) is 129. The van der Waals surface area contributed by atoms with Gasteiger partial charge in [-0.1, -0.05) is 0 Å². The van der Waals surface area contributed by atoms with Crippen LogP contribution >= 0.6 is 0 Å². The average Bonchev–Trinajstić information content (AvgIpc) is 2.63. The van der Waals surface area contributed by atoms with E-state index in [4.69, 9.17) is 30.6 Å². The average molecular weight is 985 g/mol. The smallest absolute Gasteiger partial charge is 0.155 e. The van der Waals surface area contributed by atoms with Crippen molar-refractivity contribution in [2.75, 3.05) is 0 Å². The van der Waals surface area contributed by atoms with Crippen molar-refractivity contribution in [3.8, 4) is 0 Å². The number of rotatable bonds is 6. The minimum absolute atomic E-state index is 0. The Kier molecular flexibility index (Phi) is 53.8. The van der Waals surface area contributed by atoms with Gasteiger partial charge in [-0.3, -0.25) is 28.8 Å². The molecule has 0 amide bonds. The normalized spacial score (nSPS) is 10.9. The maximum atomic E-state index is 10.0. The van der Waals surface area contributed by atoms with Crippen LogP contribution in [0.5, 0.6) is 0 Å². The summed E-state index contributed by atoms with van der Waals surface area (Å²) in [6.07, 6.45) is 7.00. The fraction of sp³-hybridized carbons (Fsp3) is 0.400. The van der Waals surface area contributed by atoms with Gasteiger partial charge in [-0.05, 0) is 83.1 Å². The first kappa shape index (κ1) is 59.9. The zero-order valence-electron chi connectivity index (χ0n) is 27.3. The summed E-state index contributed by atoms with van der Waals surface area (Å²) in [7, 11) is 0. The molecule has 0 aliphatic rings. The Morgan fingerprint density at radius 2 is 0.341 bits per heavy atom. The summed E-state index contributed by atoms with van der Waals surface area (Å²) >= 11 is 0. The summed E-state index contributed by atoms with van der Waals surface area (Å²) in [6.45, 7) is 17.1. The molecule has 14 heteroatoms. The molecule has 12 nitrogen and oxygen atoms in total. The van der Waals surface area contributed by atoms with E-state index in [1.54, 1.807) is 0 Å². The fourth-order valence-electron chi connectivity index (χ4n) is 1.76. The van der Waals surface area contributed by atoms with Crippen LogP contribution in [0.4, 0.5) is 0 Å². The molecule has 0 heterocycles. The zero-order valence-corrected chi connectivity index (χ0v) is 32.1. The first-order valence-electron chi connectivity index (χ1n) is 12.0. The van der Waals surface area contributed by atoms with Gasteiger partial charge in [0.25, 0.3) is 0 Å². The Balaban J connectivity index is -0.0000000584. The van der Waals surface area contributed by atoms with Crippen LogP contribution in [0.1, 0.15) is 83.1 Å². The molecule has 2 radical (unpaired) electrons. The van der Waals surface area contributed by atoms with E-state index in [9.17, 15) is 28.8 Å². The van der Waals surface area contributed by atoms with Crippen LogP contribution in [0.15, 0.2) is 71.0 Å². The van der Waals surface area contributed by atoms with Gasteiger partial charge < -0.3 is 30.6 Å². The van der Waals surface area contributed by atoms with E-state index in [2.05, 4.69) is 0 Å². The molecule has 0 fully saturated rings. The second kappa shape index (κ2) is 39.6. The van der Waals surface area contributed by atoms with Crippen LogP contribution in [0.25, 0.3) is 0 Å². The molecule has 0 unspecified atom stereocenters. The summed E-state index contributed by atoms with van der Waals surface area (Å²) in [4.78, 5) is 60.1. The SMILES string of the molecule is CC(=O)/C=C(/C)O.CC(=O)/C=C(/C)O.CC(=O)/C=C(/C)O.CC(=O)/C=C(/C)O.CC(=O)/C=C(/C)O.CC(=O)/C=C(/C)O.[Ir].[Ir]. The van der Waals surface area contributed by atoms with Gasteiger partial charge in [0, 0.05) is 76.7 Å². The van der Waals surface area contributed by atoms with E-state index in [1.807, 2.05) is 0 Å². The quantitative estimate of drug-likeness (QED) is 0.129. The van der Waals surface area contributed by atoms with E-state index < -0.39 is 0 Å². The third-order valence-corrected chi connectivity index (χ3v) is 2.47. The largest absolute Gasteiger partial charge is 0.512 e. The molecule has 0 atom stereocenters. The van der Waals surface area contributed by atoms with Gasteiger partial charge in [0.15, 0.2) is 34.7 Å². The monoisotopic (exact) mass is 986 g/mol. The fourth-order valence-corrected chi connectivity index (χ4v) is 1.76. The van der Waals surface area contributed by atoms with Crippen molar-refractivity contribution < 1.29 is 99.6 Å². The van der Waals surface area contributed by atoms with Gasteiger partial charge in [0.2, 0.25) is 0 Å². The standard InChI is InChI=1S/6C5H8O2.2Ir/c6*1-4(6)3-5(2)7;;/h6*3,6H,1-2H3;;/b6*4-3-;;. The summed E-state index contributed by atoms with van der Waals surface area (Å²) < 4.78 is 0. The molecule has 0 rings (SSSR count). The van der Waals surface area contributed by atoms with Crippen LogP contribution in [-0.2, 0) is 69.0 Å². The van der Waals surface area contributed by atoms with E-state index in [-0.39, 0.29) is 109 Å². The molecular formula is C30H48Ir2O12. The maximum Gasteiger partial charge on any atom is 0.155 e. The van der Waals surface area contributed by atoms with E-state index in [0.29, 0.717) is 0 Å². The van der Waals surface area contributed by atoms with Crippen LogP contribution in [0.3, 0.4) is 0 Å². The topological polar surface area (TPSA) is 224 Å². The molecule has 0 aliphatic heterocycles. The molecule has 0 bridgehead atoms. The van der Waals surface area contributed by atoms with E-state index >= 15 is 0 Å².